The monoisotopic (exact) mass is 299 g/mol. The number of amides is 1. The van der Waals surface area contributed by atoms with Crippen molar-refractivity contribution in [1.29, 1.82) is 0 Å². The molecule has 0 spiro atoms. The number of hydrogen-bond donors (Lipinski definition) is 1. The second-order valence-electron chi connectivity index (χ2n) is 4.28. The summed E-state index contributed by atoms with van der Waals surface area (Å²) in [5, 5.41) is 6.30. The number of ether oxygens (including phenoxy) is 1. The Hall–Kier alpha value is -2.51. The lowest BCUT2D eigenvalue weighted by atomic mass is 10.3. The van der Waals surface area contributed by atoms with Crippen molar-refractivity contribution >= 4 is 11.6 Å². The van der Waals surface area contributed by atoms with Gasteiger partial charge in [-0.15, -0.1) is 0 Å². The highest BCUT2D eigenvalue weighted by molar-refractivity contribution is 5.92. The van der Waals surface area contributed by atoms with Crippen LogP contribution in [-0.4, -0.2) is 22.3 Å². The fourth-order valence-corrected chi connectivity index (χ4v) is 1.68. The predicted molar refractivity (Wildman–Crippen MR) is 68.6 cm³/mol. The minimum absolute atomic E-state index is 0.0365. The molecule has 0 saturated heterocycles. The second kappa shape index (κ2) is 6.29. The third-order valence-corrected chi connectivity index (χ3v) is 2.50. The van der Waals surface area contributed by atoms with Gasteiger partial charge in [0.25, 0.3) is 0 Å². The molecule has 1 aromatic heterocycles. The number of aryl methyl sites for hydroxylation is 1. The van der Waals surface area contributed by atoms with Gasteiger partial charge in [0, 0.05) is 12.3 Å². The Bertz CT molecular complexity index is 643. The van der Waals surface area contributed by atoms with Gasteiger partial charge in [-0.25, -0.2) is 4.39 Å². The molecule has 0 bridgehead atoms. The number of anilines is 1. The molecule has 1 N–H and O–H groups in total. The normalized spacial score (nSPS) is 10.7. The third-order valence-electron chi connectivity index (χ3n) is 2.50. The van der Waals surface area contributed by atoms with Crippen LogP contribution in [0.5, 0.6) is 5.75 Å². The van der Waals surface area contributed by atoms with E-state index in [2.05, 4.69) is 15.2 Å². The molecule has 112 valence electrons. The minimum Gasteiger partial charge on any atom is -0.432 e. The number of aromatic nitrogens is 2. The van der Waals surface area contributed by atoms with Crippen molar-refractivity contribution in [1.82, 2.24) is 9.78 Å². The molecule has 1 aromatic carbocycles. The molecular weight excluding hydrogens is 287 g/mol. The van der Waals surface area contributed by atoms with Crippen LogP contribution in [0.2, 0.25) is 0 Å². The number of hydrogen-bond acceptors (Lipinski definition) is 3. The molecular formula is C13H12F3N3O2. The summed E-state index contributed by atoms with van der Waals surface area (Å²) in [5.74, 6) is -1.68. The molecule has 0 unspecified atom stereocenters. The van der Waals surface area contributed by atoms with E-state index in [-0.39, 0.29) is 12.2 Å². The first kappa shape index (κ1) is 14.9. The van der Waals surface area contributed by atoms with Crippen LogP contribution in [0.1, 0.15) is 5.56 Å². The highest BCUT2D eigenvalue weighted by Gasteiger charge is 2.13. The molecule has 0 fully saturated rings. The Labute approximate surface area is 118 Å². The lowest BCUT2D eigenvalue weighted by Crippen LogP contribution is -2.20. The van der Waals surface area contributed by atoms with Crippen LogP contribution in [-0.2, 0) is 11.3 Å². The van der Waals surface area contributed by atoms with E-state index >= 15 is 0 Å². The maximum absolute atomic E-state index is 13.0. The topological polar surface area (TPSA) is 56.2 Å². The Morgan fingerprint density at radius 2 is 2.24 bits per heavy atom. The van der Waals surface area contributed by atoms with Crippen LogP contribution in [0, 0.1) is 12.7 Å². The van der Waals surface area contributed by atoms with E-state index in [1.807, 2.05) is 6.92 Å². The van der Waals surface area contributed by atoms with Gasteiger partial charge in [0.05, 0.1) is 11.9 Å². The first-order valence-electron chi connectivity index (χ1n) is 5.97. The highest BCUT2D eigenvalue weighted by Crippen LogP contribution is 2.27. The molecule has 8 heteroatoms. The molecule has 0 aliphatic carbocycles. The van der Waals surface area contributed by atoms with Gasteiger partial charge in [0.15, 0.2) is 5.75 Å². The van der Waals surface area contributed by atoms with Crippen LogP contribution in [0.15, 0.2) is 30.6 Å². The Morgan fingerprint density at radius 3 is 2.86 bits per heavy atom. The van der Waals surface area contributed by atoms with Crippen LogP contribution in [0.4, 0.5) is 18.9 Å². The first-order chi connectivity index (χ1) is 9.94. The number of halogens is 3. The molecule has 0 aliphatic rings. The van der Waals surface area contributed by atoms with E-state index in [1.54, 1.807) is 12.4 Å². The number of alkyl halides is 2. The average molecular weight is 299 g/mol. The number of rotatable bonds is 5. The SMILES string of the molecule is Cc1cnn(CC(=O)Nc2ccc(F)cc2OC(F)F)c1. The zero-order valence-corrected chi connectivity index (χ0v) is 11.0. The molecule has 2 aromatic rings. The van der Waals surface area contributed by atoms with Gasteiger partial charge in [-0.1, -0.05) is 0 Å². The summed E-state index contributed by atoms with van der Waals surface area (Å²) in [6.07, 6.45) is 3.23. The van der Waals surface area contributed by atoms with Gasteiger partial charge >= 0.3 is 6.61 Å². The Balaban J connectivity index is 2.09. The fraction of sp³-hybridized carbons (Fsp3) is 0.231. The summed E-state index contributed by atoms with van der Waals surface area (Å²) in [6.45, 7) is -1.40. The van der Waals surface area contributed by atoms with Crippen molar-refractivity contribution in [2.75, 3.05) is 5.32 Å². The minimum atomic E-state index is -3.11. The number of carbonyl (C=O) groups excluding carboxylic acids is 1. The van der Waals surface area contributed by atoms with E-state index in [0.29, 0.717) is 0 Å². The van der Waals surface area contributed by atoms with Crippen LogP contribution in [0.25, 0.3) is 0 Å². The van der Waals surface area contributed by atoms with E-state index in [4.69, 9.17) is 0 Å². The zero-order chi connectivity index (χ0) is 15.4. The molecule has 0 aliphatic heterocycles. The van der Waals surface area contributed by atoms with Gasteiger partial charge in [-0.3, -0.25) is 9.48 Å². The van der Waals surface area contributed by atoms with Crippen molar-refractivity contribution in [2.45, 2.75) is 20.1 Å². The first-order valence-corrected chi connectivity index (χ1v) is 5.97. The lowest BCUT2D eigenvalue weighted by Gasteiger charge is -2.12. The van der Waals surface area contributed by atoms with Gasteiger partial charge in [-0.05, 0) is 24.6 Å². The van der Waals surface area contributed by atoms with Gasteiger partial charge in [0.1, 0.15) is 12.4 Å². The number of carbonyl (C=O) groups is 1. The van der Waals surface area contributed by atoms with E-state index in [1.165, 1.54) is 4.68 Å². The second-order valence-corrected chi connectivity index (χ2v) is 4.28. The van der Waals surface area contributed by atoms with Crippen molar-refractivity contribution in [3.8, 4) is 5.75 Å². The highest BCUT2D eigenvalue weighted by atomic mass is 19.3. The molecule has 1 heterocycles. The summed E-state index contributed by atoms with van der Waals surface area (Å²) >= 11 is 0. The summed E-state index contributed by atoms with van der Waals surface area (Å²) in [5.41, 5.74) is 0.844. The molecule has 0 atom stereocenters. The van der Waals surface area contributed by atoms with Gasteiger partial charge in [0.2, 0.25) is 5.91 Å². The van der Waals surface area contributed by atoms with Crippen molar-refractivity contribution in [3.63, 3.8) is 0 Å². The number of nitrogens with one attached hydrogen (secondary N) is 1. The van der Waals surface area contributed by atoms with E-state index in [9.17, 15) is 18.0 Å². The van der Waals surface area contributed by atoms with Gasteiger partial charge in [-0.2, -0.15) is 13.9 Å². The summed E-state index contributed by atoms with van der Waals surface area (Å²) < 4.78 is 43.1. The fourth-order valence-electron chi connectivity index (χ4n) is 1.68. The number of benzene rings is 1. The average Bonchev–Trinajstić information content (AvgIpc) is 2.77. The Morgan fingerprint density at radius 1 is 1.48 bits per heavy atom. The zero-order valence-electron chi connectivity index (χ0n) is 11.0. The maximum atomic E-state index is 13.0. The van der Waals surface area contributed by atoms with Crippen LogP contribution < -0.4 is 10.1 Å². The van der Waals surface area contributed by atoms with E-state index in [0.717, 1.165) is 23.8 Å². The lowest BCUT2D eigenvalue weighted by molar-refractivity contribution is -0.117. The van der Waals surface area contributed by atoms with Crippen molar-refractivity contribution in [3.05, 3.63) is 42.0 Å². The largest absolute Gasteiger partial charge is 0.432 e. The van der Waals surface area contributed by atoms with Gasteiger partial charge < -0.3 is 10.1 Å². The van der Waals surface area contributed by atoms with Crippen molar-refractivity contribution < 1.29 is 22.7 Å². The molecule has 0 radical (unpaired) electrons. The predicted octanol–water partition coefficient (Wildman–Crippen LogP) is 2.57. The molecule has 21 heavy (non-hydrogen) atoms. The maximum Gasteiger partial charge on any atom is 0.387 e. The summed E-state index contributed by atoms with van der Waals surface area (Å²) in [4.78, 5) is 11.8. The molecule has 1 amide bonds. The van der Waals surface area contributed by atoms with E-state index < -0.39 is 24.1 Å². The standard InChI is InChI=1S/C13H12F3N3O2/c1-8-5-17-19(6-8)7-12(20)18-10-3-2-9(14)4-11(10)21-13(15)16/h2-6,13H,7H2,1H3,(H,18,20). The molecule has 5 nitrogen and oxygen atoms in total. The quantitative estimate of drug-likeness (QED) is 0.923. The Kier molecular flexibility index (Phi) is 4.46. The molecule has 2 rings (SSSR count). The van der Waals surface area contributed by atoms with Crippen LogP contribution >= 0.6 is 0 Å². The number of nitrogens with zero attached hydrogens (tertiary/aromatic N) is 2. The smallest absolute Gasteiger partial charge is 0.387 e. The van der Waals surface area contributed by atoms with Crippen molar-refractivity contribution in [2.24, 2.45) is 0 Å². The summed E-state index contributed by atoms with van der Waals surface area (Å²) in [6, 6.07) is 2.96. The molecule has 0 saturated carbocycles. The third kappa shape index (κ3) is 4.23. The van der Waals surface area contributed by atoms with Crippen LogP contribution in [0.3, 0.4) is 0 Å². The summed E-state index contributed by atoms with van der Waals surface area (Å²) in [7, 11) is 0.